The van der Waals surface area contributed by atoms with E-state index in [2.05, 4.69) is 10.4 Å². The van der Waals surface area contributed by atoms with Gasteiger partial charge in [0.05, 0.1) is 11.7 Å². The molecule has 1 aromatic rings. The van der Waals surface area contributed by atoms with Gasteiger partial charge in [-0.25, -0.2) is 0 Å². The lowest BCUT2D eigenvalue weighted by Gasteiger charge is -2.07. The number of nitrogens with two attached hydrogens (primary N) is 1. The molecule has 0 aliphatic rings. The van der Waals surface area contributed by atoms with Crippen molar-refractivity contribution in [2.75, 3.05) is 5.43 Å². The molecule has 0 saturated carbocycles. The molecule has 0 unspecified atom stereocenters. The SMILES string of the molecule is NNc1ccncc1C(=O)[O-]. The van der Waals surface area contributed by atoms with Crippen molar-refractivity contribution in [3.63, 3.8) is 0 Å². The van der Waals surface area contributed by atoms with Crippen LogP contribution in [0.15, 0.2) is 18.5 Å². The van der Waals surface area contributed by atoms with Crippen molar-refractivity contribution < 1.29 is 9.90 Å². The highest BCUT2D eigenvalue weighted by atomic mass is 16.4. The van der Waals surface area contributed by atoms with Crippen LogP contribution >= 0.6 is 0 Å². The zero-order chi connectivity index (χ0) is 8.27. The first-order valence-electron chi connectivity index (χ1n) is 2.87. The molecular weight excluding hydrogens is 146 g/mol. The van der Waals surface area contributed by atoms with E-state index < -0.39 is 5.97 Å². The van der Waals surface area contributed by atoms with Gasteiger partial charge in [-0.1, -0.05) is 0 Å². The summed E-state index contributed by atoms with van der Waals surface area (Å²) in [4.78, 5) is 13.9. The molecule has 3 N–H and O–H groups in total. The van der Waals surface area contributed by atoms with Crippen LogP contribution in [0.5, 0.6) is 0 Å². The Morgan fingerprint density at radius 2 is 2.45 bits per heavy atom. The topological polar surface area (TPSA) is 91.1 Å². The lowest BCUT2D eigenvalue weighted by molar-refractivity contribution is -0.254. The van der Waals surface area contributed by atoms with Gasteiger partial charge in [0, 0.05) is 18.0 Å². The third-order valence-electron chi connectivity index (χ3n) is 1.20. The molecular formula is C6H6N3O2-. The zero-order valence-corrected chi connectivity index (χ0v) is 5.57. The summed E-state index contributed by atoms with van der Waals surface area (Å²) in [7, 11) is 0. The summed E-state index contributed by atoms with van der Waals surface area (Å²) in [5.74, 6) is 3.72. The standard InChI is InChI=1S/C6H7N3O2/c7-9-5-1-2-8-3-4(5)6(10)11/h1-3H,7H2,(H,8,9)(H,10,11)/p-1. The van der Waals surface area contributed by atoms with E-state index in [4.69, 9.17) is 5.84 Å². The molecule has 11 heavy (non-hydrogen) atoms. The van der Waals surface area contributed by atoms with Crippen LogP contribution < -0.4 is 16.4 Å². The third-order valence-corrected chi connectivity index (χ3v) is 1.20. The molecule has 0 saturated heterocycles. The normalized spacial score (nSPS) is 9.18. The second-order valence-corrected chi connectivity index (χ2v) is 1.85. The second-order valence-electron chi connectivity index (χ2n) is 1.85. The molecule has 0 aliphatic heterocycles. The maximum atomic E-state index is 10.3. The van der Waals surface area contributed by atoms with E-state index in [1.807, 2.05) is 0 Å². The van der Waals surface area contributed by atoms with E-state index in [1.165, 1.54) is 18.5 Å². The molecule has 0 amide bonds. The lowest BCUT2D eigenvalue weighted by atomic mass is 10.2. The summed E-state index contributed by atoms with van der Waals surface area (Å²) in [6, 6.07) is 1.45. The molecule has 1 heterocycles. The van der Waals surface area contributed by atoms with Crippen molar-refractivity contribution in [2.45, 2.75) is 0 Å². The molecule has 0 bridgehead atoms. The Morgan fingerprint density at radius 1 is 1.73 bits per heavy atom. The van der Waals surface area contributed by atoms with Gasteiger partial charge < -0.3 is 15.3 Å². The number of hydrazine groups is 1. The van der Waals surface area contributed by atoms with Crippen molar-refractivity contribution in [2.24, 2.45) is 5.84 Å². The summed E-state index contributed by atoms with van der Waals surface area (Å²) >= 11 is 0. The minimum Gasteiger partial charge on any atom is -0.545 e. The largest absolute Gasteiger partial charge is 0.545 e. The highest BCUT2D eigenvalue weighted by molar-refractivity contribution is 5.91. The van der Waals surface area contributed by atoms with Gasteiger partial charge in [-0.3, -0.25) is 10.8 Å². The maximum Gasteiger partial charge on any atom is 0.0752 e. The fraction of sp³-hybridized carbons (Fsp3) is 0. The number of nitrogen functional groups attached to an aromatic ring is 1. The van der Waals surface area contributed by atoms with Gasteiger partial charge >= 0.3 is 0 Å². The Kier molecular flexibility index (Phi) is 2.03. The molecule has 0 atom stereocenters. The number of carbonyl (C=O) groups excluding carboxylic acids is 1. The fourth-order valence-electron chi connectivity index (χ4n) is 0.683. The van der Waals surface area contributed by atoms with Gasteiger partial charge in [-0.2, -0.15) is 0 Å². The predicted molar refractivity (Wildman–Crippen MR) is 36.4 cm³/mol. The predicted octanol–water partition coefficient (Wildman–Crippen LogP) is -1.27. The van der Waals surface area contributed by atoms with E-state index >= 15 is 0 Å². The number of aromatic nitrogens is 1. The minimum atomic E-state index is -1.30. The fourth-order valence-corrected chi connectivity index (χ4v) is 0.683. The summed E-state index contributed by atoms with van der Waals surface area (Å²) in [6.45, 7) is 0. The summed E-state index contributed by atoms with van der Waals surface area (Å²) < 4.78 is 0. The van der Waals surface area contributed by atoms with E-state index in [0.717, 1.165) is 0 Å². The second kappa shape index (κ2) is 2.98. The number of rotatable bonds is 2. The van der Waals surface area contributed by atoms with E-state index in [-0.39, 0.29) is 5.56 Å². The van der Waals surface area contributed by atoms with Crippen molar-refractivity contribution in [1.82, 2.24) is 4.98 Å². The maximum absolute atomic E-state index is 10.3. The average Bonchev–Trinajstić information content (AvgIpc) is 2.04. The Hall–Kier alpha value is -1.62. The monoisotopic (exact) mass is 152 g/mol. The molecule has 1 rings (SSSR count). The first-order valence-corrected chi connectivity index (χ1v) is 2.87. The molecule has 58 valence electrons. The number of nitrogens with zero attached hydrogens (tertiary/aromatic N) is 1. The van der Waals surface area contributed by atoms with Crippen molar-refractivity contribution in [3.8, 4) is 0 Å². The Labute approximate surface area is 62.8 Å². The Morgan fingerprint density at radius 3 is 2.91 bits per heavy atom. The summed E-state index contributed by atoms with van der Waals surface area (Å²) in [5.41, 5.74) is 2.46. The minimum absolute atomic E-state index is 0.0463. The van der Waals surface area contributed by atoms with E-state index in [0.29, 0.717) is 5.69 Å². The number of pyridine rings is 1. The number of hydrogen-bond acceptors (Lipinski definition) is 5. The van der Waals surface area contributed by atoms with Crippen LogP contribution in [-0.2, 0) is 0 Å². The molecule has 5 heteroatoms. The van der Waals surface area contributed by atoms with Crippen molar-refractivity contribution >= 4 is 11.7 Å². The van der Waals surface area contributed by atoms with Crippen LogP contribution in [0.25, 0.3) is 0 Å². The number of anilines is 1. The van der Waals surface area contributed by atoms with Crippen molar-refractivity contribution in [1.29, 1.82) is 0 Å². The van der Waals surface area contributed by atoms with Crippen LogP contribution in [0, 0.1) is 0 Å². The van der Waals surface area contributed by atoms with E-state index in [1.54, 1.807) is 0 Å². The lowest BCUT2D eigenvalue weighted by Crippen LogP contribution is -2.24. The number of nitrogens with one attached hydrogen (secondary N) is 1. The summed E-state index contributed by atoms with van der Waals surface area (Å²) in [5, 5.41) is 10.3. The first-order chi connectivity index (χ1) is 5.25. The Balaban J connectivity index is 3.12. The molecule has 0 radical (unpaired) electrons. The first kappa shape index (κ1) is 7.49. The molecule has 5 nitrogen and oxygen atoms in total. The molecule has 0 spiro atoms. The molecule has 0 aromatic carbocycles. The highest BCUT2D eigenvalue weighted by Crippen LogP contribution is 2.09. The smallest absolute Gasteiger partial charge is 0.0752 e. The molecule has 0 fully saturated rings. The number of hydrogen-bond donors (Lipinski definition) is 2. The van der Waals surface area contributed by atoms with Crippen LogP contribution in [0.3, 0.4) is 0 Å². The highest BCUT2D eigenvalue weighted by Gasteiger charge is 1.99. The number of carbonyl (C=O) groups is 1. The number of carboxylic acid groups (broad SMARTS) is 1. The van der Waals surface area contributed by atoms with Gasteiger partial charge in [0.15, 0.2) is 0 Å². The van der Waals surface area contributed by atoms with Crippen LogP contribution in [-0.4, -0.2) is 11.0 Å². The van der Waals surface area contributed by atoms with Crippen LogP contribution in [0.1, 0.15) is 10.4 Å². The van der Waals surface area contributed by atoms with Crippen LogP contribution in [0.4, 0.5) is 5.69 Å². The van der Waals surface area contributed by atoms with Crippen LogP contribution in [0.2, 0.25) is 0 Å². The zero-order valence-electron chi connectivity index (χ0n) is 5.57. The number of carboxylic acids is 1. The Bertz CT molecular complexity index is 274. The quantitative estimate of drug-likeness (QED) is 0.407. The molecule has 0 aliphatic carbocycles. The van der Waals surface area contributed by atoms with Gasteiger partial charge in [-0.05, 0) is 6.07 Å². The van der Waals surface area contributed by atoms with Gasteiger partial charge in [0.2, 0.25) is 0 Å². The number of aromatic carboxylic acids is 1. The summed E-state index contributed by atoms with van der Waals surface area (Å²) in [6.07, 6.45) is 2.60. The van der Waals surface area contributed by atoms with E-state index in [9.17, 15) is 9.90 Å². The third kappa shape index (κ3) is 1.44. The average molecular weight is 152 g/mol. The van der Waals surface area contributed by atoms with Crippen molar-refractivity contribution in [3.05, 3.63) is 24.0 Å². The van der Waals surface area contributed by atoms with Gasteiger partial charge in [0.1, 0.15) is 0 Å². The molecule has 1 aromatic heterocycles. The van der Waals surface area contributed by atoms with Gasteiger partial charge in [0.25, 0.3) is 0 Å². The van der Waals surface area contributed by atoms with Gasteiger partial charge in [-0.15, -0.1) is 0 Å².